The fraction of sp³-hybridized carbons (Fsp3) is 0.500. The molecule has 1 aliphatic rings. The van der Waals surface area contributed by atoms with Crippen LogP contribution < -0.4 is 14.8 Å². The number of piperidine rings is 1. The van der Waals surface area contributed by atoms with Crippen LogP contribution in [-0.2, 0) is 4.74 Å². The molecule has 0 aliphatic carbocycles. The van der Waals surface area contributed by atoms with Gasteiger partial charge in [0.1, 0.15) is 29.4 Å². The lowest BCUT2D eigenvalue weighted by Gasteiger charge is -2.34. The normalized spacial score (nSPS) is 14.7. The van der Waals surface area contributed by atoms with E-state index in [1.165, 1.54) is 0 Å². The predicted molar refractivity (Wildman–Crippen MR) is 121 cm³/mol. The van der Waals surface area contributed by atoms with Crippen molar-refractivity contribution in [3.8, 4) is 11.5 Å². The number of hydrogen-bond acceptors (Lipinski definition) is 5. The van der Waals surface area contributed by atoms with Gasteiger partial charge in [0.25, 0.3) is 5.91 Å². The molecule has 2 aromatic rings. The maximum absolute atomic E-state index is 12.7. The van der Waals surface area contributed by atoms with E-state index in [2.05, 4.69) is 5.32 Å². The summed E-state index contributed by atoms with van der Waals surface area (Å²) >= 11 is 0. The molecule has 3 rings (SSSR count). The number of ether oxygens (including phenoxy) is 3. The van der Waals surface area contributed by atoms with E-state index in [9.17, 15) is 9.59 Å². The third kappa shape index (κ3) is 6.42. The average Bonchev–Trinajstić information content (AvgIpc) is 3.26. The van der Waals surface area contributed by atoms with Crippen molar-refractivity contribution in [3.05, 3.63) is 48.3 Å². The van der Waals surface area contributed by atoms with Gasteiger partial charge in [-0.05, 0) is 70.0 Å². The van der Waals surface area contributed by atoms with Crippen LogP contribution in [0.3, 0.4) is 0 Å². The molecule has 8 heteroatoms. The highest BCUT2D eigenvalue weighted by Crippen LogP contribution is 2.25. The number of aromatic nitrogens is 1. The fourth-order valence-corrected chi connectivity index (χ4v) is 3.65. The van der Waals surface area contributed by atoms with Gasteiger partial charge in [0, 0.05) is 25.3 Å². The number of amides is 2. The van der Waals surface area contributed by atoms with Crippen LogP contribution in [0.15, 0.2) is 42.6 Å². The predicted octanol–water partition coefficient (Wildman–Crippen LogP) is 3.88. The molecule has 1 fully saturated rings. The highest BCUT2D eigenvalue weighted by molar-refractivity contribution is 5.92. The Morgan fingerprint density at radius 1 is 1.06 bits per heavy atom. The zero-order valence-electron chi connectivity index (χ0n) is 19.3. The number of benzene rings is 1. The Morgan fingerprint density at radius 3 is 2.34 bits per heavy atom. The molecule has 32 heavy (non-hydrogen) atoms. The van der Waals surface area contributed by atoms with Gasteiger partial charge in [0.05, 0.1) is 13.7 Å². The number of hydrogen-bond donors (Lipinski definition) is 1. The van der Waals surface area contributed by atoms with Gasteiger partial charge in [-0.15, -0.1) is 0 Å². The highest BCUT2D eigenvalue weighted by atomic mass is 16.6. The summed E-state index contributed by atoms with van der Waals surface area (Å²) in [6.07, 6.45) is 3.19. The monoisotopic (exact) mass is 443 g/mol. The number of carbonyl (C=O) groups is 2. The van der Waals surface area contributed by atoms with Crippen LogP contribution >= 0.6 is 0 Å². The second-order valence-electron chi connectivity index (χ2n) is 8.78. The summed E-state index contributed by atoms with van der Waals surface area (Å²) in [5.41, 5.74) is 0.113. The van der Waals surface area contributed by atoms with Crippen LogP contribution in [0.5, 0.6) is 11.5 Å². The van der Waals surface area contributed by atoms with Gasteiger partial charge in [0.15, 0.2) is 0 Å². The number of carbonyl (C=O) groups excluding carboxylic acids is 2. The van der Waals surface area contributed by atoms with Crippen LogP contribution in [0.1, 0.15) is 50.1 Å². The maximum Gasteiger partial charge on any atom is 0.410 e. The second kappa shape index (κ2) is 10.4. The Bertz CT molecular complexity index is 893. The van der Waals surface area contributed by atoms with Crippen LogP contribution in [0, 0.1) is 0 Å². The van der Waals surface area contributed by atoms with Crippen LogP contribution in [0.4, 0.5) is 4.79 Å². The van der Waals surface area contributed by atoms with Gasteiger partial charge in [-0.3, -0.25) is 4.79 Å². The van der Waals surface area contributed by atoms with Crippen molar-refractivity contribution in [1.29, 1.82) is 0 Å². The first-order chi connectivity index (χ1) is 15.3. The molecule has 1 N–H and O–H groups in total. The first kappa shape index (κ1) is 23.5. The summed E-state index contributed by atoms with van der Waals surface area (Å²) in [4.78, 5) is 26.7. The van der Waals surface area contributed by atoms with Crippen molar-refractivity contribution >= 4 is 12.0 Å². The van der Waals surface area contributed by atoms with Gasteiger partial charge in [-0.2, -0.15) is 0 Å². The van der Waals surface area contributed by atoms with Crippen molar-refractivity contribution in [2.75, 3.05) is 33.4 Å². The first-order valence-corrected chi connectivity index (χ1v) is 11.0. The molecule has 1 aliphatic heterocycles. The zero-order chi connectivity index (χ0) is 23.1. The van der Waals surface area contributed by atoms with E-state index < -0.39 is 5.60 Å². The zero-order valence-corrected chi connectivity index (χ0v) is 19.3. The molecule has 1 saturated heterocycles. The SMILES string of the molecule is COc1ccc(OCCNC(=O)c2cccn2C2CCN(C(=O)OC(C)(C)C)CC2)cc1. The molecule has 0 unspecified atom stereocenters. The molecule has 1 aromatic carbocycles. The van der Waals surface area contributed by atoms with E-state index in [1.54, 1.807) is 12.0 Å². The van der Waals surface area contributed by atoms with E-state index in [0.717, 1.165) is 24.3 Å². The summed E-state index contributed by atoms with van der Waals surface area (Å²) in [7, 11) is 1.62. The summed E-state index contributed by atoms with van der Waals surface area (Å²) in [5.74, 6) is 1.35. The lowest BCUT2D eigenvalue weighted by Crippen LogP contribution is -2.42. The maximum atomic E-state index is 12.7. The van der Waals surface area contributed by atoms with Gasteiger partial charge < -0.3 is 29.0 Å². The molecule has 1 aromatic heterocycles. The summed E-state index contributed by atoms with van der Waals surface area (Å²) < 4.78 is 18.3. The van der Waals surface area contributed by atoms with Gasteiger partial charge in [0.2, 0.25) is 0 Å². The summed E-state index contributed by atoms with van der Waals surface area (Å²) in [6, 6.07) is 11.2. The fourth-order valence-electron chi connectivity index (χ4n) is 3.65. The van der Waals surface area contributed by atoms with Crippen molar-refractivity contribution in [2.45, 2.75) is 45.3 Å². The van der Waals surface area contributed by atoms with Gasteiger partial charge >= 0.3 is 6.09 Å². The average molecular weight is 444 g/mol. The lowest BCUT2D eigenvalue weighted by molar-refractivity contribution is 0.0187. The molecular formula is C24H33N3O5. The molecule has 2 amide bonds. The third-order valence-electron chi connectivity index (χ3n) is 5.24. The Labute approximate surface area is 189 Å². The highest BCUT2D eigenvalue weighted by Gasteiger charge is 2.28. The van der Waals surface area contributed by atoms with Crippen LogP contribution in [-0.4, -0.2) is 60.4 Å². The van der Waals surface area contributed by atoms with E-state index >= 15 is 0 Å². The van der Waals surface area contributed by atoms with Gasteiger partial charge in [-0.25, -0.2) is 4.79 Å². The lowest BCUT2D eigenvalue weighted by atomic mass is 10.0. The number of nitrogens with zero attached hydrogens (tertiary/aromatic N) is 2. The number of nitrogens with one attached hydrogen (secondary N) is 1. The number of likely N-dealkylation sites (tertiary alicyclic amines) is 1. The molecule has 0 saturated carbocycles. The van der Waals surface area contributed by atoms with E-state index in [1.807, 2.05) is 67.9 Å². The standard InChI is InChI=1S/C24H33N3O5/c1-24(2,3)32-23(29)26-15-11-18(12-16-26)27-14-5-6-21(27)22(28)25-13-17-31-20-9-7-19(30-4)8-10-20/h5-10,14,18H,11-13,15-17H2,1-4H3,(H,25,28). The van der Waals surface area contributed by atoms with E-state index in [0.29, 0.717) is 31.9 Å². The molecular weight excluding hydrogens is 410 g/mol. The Hall–Kier alpha value is -3.16. The number of rotatable bonds is 7. The van der Waals surface area contributed by atoms with Crippen molar-refractivity contribution in [1.82, 2.24) is 14.8 Å². The first-order valence-electron chi connectivity index (χ1n) is 11.0. The number of methoxy groups -OCH3 is 1. The Morgan fingerprint density at radius 2 is 1.72 bits per heavy atom. The van der Waals surface area contributed by atoms with E-state index in [4.69, 9.17) is 14.2 Å². The molecule has 2 heterocycles. The van der Waals surface area contributed by atoms with Crippen molar-refractivity contribution in [2.24, 2.45) is 0 Å². The molecule has 8 nitrogen and oxygen atoms in total. The minimum absolute atomic E-state index is 0.136. The third-order valence-corrected chi connectivity index (χ3v) is 5.24. The Balaban J connectivity index is 1.46. The second-order valence-corrected chi connectivity index (χ2v) is 8.78. The smallest absolute Gasteiger partial charge is 0.410 e. The van der Waals surface area contributed by atoms with Crippen molar-refractivity contribution in [3.63, 3.8) is 0 Å². The van der Waals surface area contributed by atoms with E-state index in [-0.39, 0.29) is 18.0 Å². The molecule has 174 valence electrons. The molecule has 0 atom stereocenters. The topological polar surface area (TPSA) is 82.0 Å². The van der Waals surface area contributed by atoms with Crippen LogP contribution in [0.25, 0.3) is 0 Å². The minimum atomic E-state index is -0.503. The summed E-state index contributed by atoms with van der Waals surface area (Å²) in [5, 5.41) is 2.92. The quantitative estimate of drug-likeness (QED) is 0.657. The van der Waals surface area contributed by atoms with Gasteiger partial charge in [-0.1, -0.05) is 0 Å². The minimum Gasteiger partial charge on any atom is -0.497 e. The summed E-state index contributed by atoms with van der Waals surface area (Å²) in [6.45, 7) is 7.57. The molecule has 0 bridgehead atoms. The Kier molecular flexibility index (Phi) is 7.66. The van der Waals surface area contributed by atoms with Crippen molar-refractivity contribution < 1.29 is 23.8 Å². The van der Waals surface area contributed by atoms with Crippen LogP contribution in [0.2, 0.25) is 0 Å². The largest absolute Gasteiger partial charge is 0.497 e. The molecule has 0 spiro atoms. The molecule has 0 radical (unpaired) electrons.